The number of sulfonamides is 1. The molecule has 0 spiro atoms. The maximum atomic E-state index is 11.8. The zero-order chi connectivity index (χ0) is 11.6. The zero-order valence-electron chi connectivity index (χ0n) is 8.72. The first-order valence-corrected chi connectivity index (χ1v) is 6.56. The fraction of sp³-hybridized carbons (Fsp3) is 0.400. The van der Waals surface area contributed by atoms with Crippen LogP contribution >= 0.6 is 0 Å². The van der Waals surface area contributed by atoms with Gasteiger partial charge in [0.05, 0.1) is 6.54 Å². The Labute approximate surface area is 94.4 Å². The molecule has 0 saturated heterocycles. The summed E-state index contributed by atoms with van der Waals surface area (Å²) in [7, 11) is -3.55. The number of hydrogen-bond donors (Lipinski definition) is 2. The van der Waals surface area contributed by atoms with Gasteiger partial charge < -0.3 is 10.2 Å². The van der Waals surface area contributed by atoms with Gasteiger partial charge in [0, 0.05) is 6.04 Å². The van der Waals surface area contributed by atoms with Crippen LogP contribution in [0.4, 0.5) is 0 Å². The largest absolute Gasteiger partial charge is 0.447 e. The van der Waals surface area contributed by atoms with E-state index in [0.717, 1.165) is 12.8 Å². The van der Waals surface area contributed by atoms with Gasteiger partial charge in [-0.2, -0.15) is 0 Å². The lowest BCUT2D eigenvalue weighted by molar-refractivity contribution is 0.410. The molecule has 6 heteroatoms. The summed E-state index contributed by atoms with van der Waals surface area (Å²) in [6.45, 7) is 0.195. The van der Waals surface area contributed by atoms with Gasteiger partial charge in [-0.1, -0.05) is 12.2 Å². The molecule has 16 heavy (non-hydrogen) atoms. The molecule has 1 aromatic heterocycles. The molecule has 1 heterocycles. The lowest BCUT2D eigenvalue weighted by Crippen LogP contribution is -2.32. The van der Waals surface area contributed by atoms with Crippen molar-refractivity contribution in [2.75, 3.05) is 0 Å². The average Bonchev–Trinajstić information content (AvgIpc) is 2.85. The Morgan fingerprint density at radius 2 is 2.06 bits per heavy atom. The van der Waals surface area contributed by atoms with Crippen LogP contribution in [0.25, 0.3) is 0 Å². The highest BCUT2D eigenvalue weighted by Gasteiger charge is 2.23. The molecular formula is C10H14N2O3S. The predicted octanol–water partition coefficient (Wildman–Crippen LogP) is 0.735. The SMILES string of the molecule is NCc1ccc(S(=O)(=O)NC2CC=CC2)o1. The van der Waals surface area contributed by atoms with Crippen molar-refractivity contribution in [1.82, 2.24) is 4.72 Å². The van der Waals surface area contributed by atoms with Crippen molar-refractivity contribution in [3.63, 3.8) is 0 Å². The summed E-state index contributed by atoms with van der Waals surface area (Å²) in [6, 6.07) is 2.94. The molecule has 0 saturated carbocycles. The topological polar surface area (TPSA) is 85.3 Å². The minimum atomic E-state index is -3.55. The number of rotatable bonds is 4. The van der Waals surface area contributed by atoms with Gasteiger partial charge in [-0.3, -0.25) is 0 Å². The molecule has 1 aliphatic rings. The standard InChI is InChI=1S/C10H14N2O3S/c11-7-9-5-6-10(15-9)16(13,14)12-8-3-1-2-4-8/h1-2,5-6,8,12H,3-4,7,11H2. The lowest BCUT2D eigenvalue weighted by Gasteiger charge is -2.10. The third kappa shape index (κ3) is 2.34. The monoisotopic (exact) mass is 242 g/mol. The molecule has 0 amide bonds. The number of nitrogens with two attached hydrogens (primary N) is 1. The highest BCUT2D eigenvalue weighted by atomic mass is 32.2. The van der Waals surface area contributed by atoms with E-state index in [-0.39, 0.29) is 17.7 Å². The van der Waals surface area contributed by atoms with Crippen LogP contribution in [-0.2, 0) is 16.6 Å². The van der Waals surface area contributed by atoms with Crippen LogP contribution < -0.4 is 10.5 Å². The van der Waals surface area contributed by atoms with Crippen LogP contribution in [0.2, 0.25) is 0 Å². The fourth-order valence-corrected chi connectivity index (χ4v) is 2.81. The molecule has 0 unspecified atom stereocenters. The highest BCUT2D eigenvalue weighted by molar-refractivity contribution is 7.89. The van der Waals surface area contributed by atoms with Crippen LogP contribution in [0.1, 0.15) is 18.6 Å². The molecule has 2 rings (SSSR count). The first-order valence-electron chi connectivity index (χ1n) is 5.08. The molecule has 5 nitrogen and oxygen atoms in total. The first kappa shape index (κ1) is 11.4. The van der Waals surface area contributed by atoms with Gasteiger partial charge in [-0.05, 0) is 25.0 Å². The summed E-state index contributed by atoms with van der Waals surface area (Å²) in [5.74, 6) is 0.463. The second-order valence-corrected chi connectivity index (χ2v) is 5.33. The Morgan fingerprint density at radius 3 is 2.62 bits per heavy atom. The maximum Gasteiger partial charge on any atom is 0.274 e. The van der Waals surface area contributed by atoms with Crippen molar-refractivity contribution in [1.29, 1.82) is 0 Å². The summed E-state index contributed by atoms with van der Waals surface area (Å²) in [5, 5.41) is -0.0696. The van der Waals surface area contributed by atoms with Crippen molar-refractivity contribution >= 4 is 10.0 Å². The average molecular weight is 242 g/mol. The summed E-state index contributed by atoms with van der Waals surface area (Å²) in [4.78, 5) is 0. The van der Waals surface area contributed by atoms with Crippen molar-refractivity contribution in [3.05, 3.63) is 30.0 Å². The van der Waals surface area contributed by atoms with Crippen molar-refractivity contribution in [3.8, 4) is 0 Å². The van der Waals surface area contributed by atoms with E-state index in [9.17, 15) is 8.42 Å². The molecule has 0 atom stereocenters. The quantitative estimate of drug-likeness (QED) is 0.762. The van der Waals surface area contributed by atoms with Crippen molar-refractivity contribution in [2.24, 2.45) is 5.73 Å². The Kier molecular flexibility index (Phi) is 3.13. The third-order valence-corrected chi connectivity index (χ3v) is 3.83. The van der Waals surface area contributed by atoms with Gasteiger partial charge in [-0.25, -0.2) is 13.1 Å². The van der Waals surface area contributed by atoms with E-state index in [1.165, 1.54) is 6.07 Å². The molecule has 1 aliphatic carbocycles. The summed E-state index contributed by atoms with van der Waals surface area (Å²) in [6.07, 6.45) is 5.37. The predicted molar refractivity (Wildman–Crippen MR) is 59.1 cm³/mol. The van der Waals surface area contributed by atoms with E-state index in [0.29, 0.717) is 5.76 Å². The minimum absolute atomic E-state index is 0.0589. The fourth-order valence-electron chi connectivity index (χ4n) is 1.60. The Morgan fingerprint density at radius 1 is 1.38 bits per heavy atom. The van der Waals surface area contributed by atoms with E-state index in [2.05, 4.69) is 4.72 Å². The van der Waals surface area contributed by atoms with Crippen LogP contribution in [0, 0.1) is 0 Å². The molecule has 88 valence electrons. The van der Waals surface area contributed by atoms with Gasteiger partial charge in [0.1, 0.15) is 5.76 Å². The van der Waals surface area contributed by atoms with E-state index in [1.807, 2.05) is 12.2 Å². The zero-order valence-corrected chi connectivity index (χ0v) is 9.53. The maximum absolute atomic E-state index is 11.8. The molecule has 0 aromatic carbocycles. The molecule has 0 radical (unpaired) electrons. The summed E-state index contributed by atoms with van der Waals surface area (Å²) >= 11 is 0. The first-order chi connectivity index (χ1) is 7.62. The van der Waals surface area contributed by atoms with Crippen molar-refractivity contribution in [2.45, 2.75) is 30.5 Å². The van der Waals surface area contributed by atoms with Gasteiger partial charge in [0.25, 0.3) is 10.0 Å². The Bertz CT molecular complexity index is 482. The van der Waals surface area contributed by atoms with Gasteiger partial charge in [0.2, 0.25) is 5.09 Å². The van der Waals surface area contributed by atoms with E-state index >= 15 is 0 Å². The second-order valence-electron chi connectivity index (χ2n) is 3.69. The molecule has 0 aliphatic heterocycles. The van der Waals surface area contributed by atoms with Crippen LogP contribution in [0.3, 0.4) is 0 Å². The van der Waals surface area contributed by atoms with E-state index < -0.39 is 10.0 Å². The van der Waals surface area contributed by atoms with E-state index in [4.69, 9.17) is 10.2 Å². The lowest BCUT2D eigenvalue weighted by atomic mass is 10.3. The molecule has 0 bridgehead atoms. The second kappa shape index (κ2) is 4.40. The van der Waals surface area contributed by atoms with E-state index in [1.54, 1.807) is 6.07 Å². The molecular weight excluding hydrogens is 228 g/mol. The van der Waals surface area contributed by atoms with Crippen LogP contribution in [0.15, 0.2) is 33.8 Å². The minimum Gasteiger partial charge on any atom is -0.447 e. The molecule has 1 aromatic rings. The van der Waals surface area contributed by atoms with Crippen LogP contribution in [-0.4, -0.2) is 14.5 Å². The Balaban J connectivity index is 2.11. The molecule has 3 N–H and O–H groups in total. The summed E-state index contributed by atoms with van der Waals surface area (Å²) < 4.78 is 31.4. The number of furan rings is 1. The molecule has 0 fully saturated rings. The van der Waals surface area contributed by atoms with Crippen LogP contribution in [0.5, 0.6) is 0 Å². The Hall–Kier alpha value is -1.11. The third-order valence-electron chi connectivity index (χ3n) is 2.43. The van der Waals surface area contributed by atoms with Gasteiger partial charge in [-0.15, -0.1) is 0 Å². The summed E-state index contributed by atoms with van der Waals surface area (Å²) in [5.41, 5.74) is 5.35. The highest BCUT2D eigenvalue weighted by Crippen LogP contribution is 2.17. The number of nitrogens with one attached hydrogen (secondary N) is 1. The van der Waals surface area contributed by atoms with Gasteiger partial charge >= 0.3 is 0 Å². The van der Waals surface area contributed by atoms with Crippen molar-refractivity contribution < 1.29 is 12.8 Å². The number of hydrogen-bond acceptors (Lipinski definition) is 4. The van der Waals surface area contributed by atoms with Gasteiger partial charge in [0.15, 0.2) is 0 Å². The normalized spacial score (nSPS) is 17.1. The smallest absolute Gasteiger partial charge is 0.274 e.